The highest BCUT2D eigenvalue weighted by atomic mass is 16.7. The van der Waals surface area contributed by atoms with Gasteiger partial charge in [-0.25, -0.2) is 15.4 Å². The number of rotatable bonds is 9. The first-order valence-electron chi connectivity index (χ1n) is 10.5. The summed E-state index contributed by atoms with van der Waals surface area (Å²) in [6.07, 6.45) is -1.44. The maximum Gasteiger partial charge on any atom is 0.514 e. The van der Waals surface area contributed by atoms with E-state index in [1.807, 2.05) is 66.1 Å². The molecule has 3 aromatic rings. The number of alkyl carbamates (subject to hydrolysis) is 1. The van der Waals surface area contributed by atoms with Crippen LogP contribution < -0.4 is 21.3 Å². The summed E-state index contributed by atoms with van der Waals surface area (Å²) in [5.74, 6) is 4.95. The van der Waals surface area contributed by atoms with E-state index in [9.17, 15) is 14.4 Å². The van der Waals surface area contributed by atoms with E-state index in [0.717, 1.165) is 11.1 Å². The summed E-state index contributed by atoms with van der Waals surface area (Å²) in [7, 11) is 0. The van der Waals surface area contributed by atoms with Crippen molar-refractivity contribution < 1.29 is 28.6 Å². The third-order valence-corrected chi connectivity index (χ3v) is 4.73. The molecule has 34 heavy (non-hydrogen) atoms. The molecule has 0 radical (unpaired) electrons. The van der Waals surface area contributed by atoms with E-state index in [2.05, 4.69) is 5.32 Å². The van der Waals surface area contributed by atoms with Crippen LogP contribution in [0.1, 0.15) is 16.7 Å². The third kappa shape index (κ3) is 7.95. The standard InChI is InChI=1S/C25H25N3O6/c26-28-23(29)22(27-24(30)32-16-19-7-3-1-4-8-19)15-18-11-13-21(14-12-18)34-25(31)33-17-20-9-5-2-6-10-20/h1-14,22H,15-17,26H2,(H,27,30)(H,28,29). The minimum Gasteiger partial charge on any atom is -0.445 e. The minimum absolute atomic E-state index is 0.0655. The van der Waals surface area contributed by atoms with Gasteiger partial charge in [-0.05, 0) is 28.8 Å². The number of hydrogen-bond donors (Lipinski definition) is 3. The van der Waals surface area contributed by atoms with Gasteiger partial charge in [0, 0.05) is 6.42 Å². The molecule has 0 spiro atoms. The van der Waals surface area contributed by atoms with Crippen molar-refractivity contribution in [2.75, 3.05) is 0 Å². The molecule has 3 aromatic carbocycles. The van der Waals surface area contributed by atoms with Gasteiger partial charge in [0.15, 0.2) is 0 Å². The van der Waals surface area contributed by atoms with E-state index in [1.54, 1.807) is 24.3 Å². The number of ether oxygens (including phenoxy) is 3. The number of nitrogens with two attached hydrogens (primary N) is 1. The van der Waals surface area contributed by atoms with Crippen LogP contribution in [0.15, 0.2) is 84.9 Å². The Bertz CT molecular complexity index is 1070. The normalized spacial score (nSPS) is 11.1. The monoisotopic (exact) mass is 463 g/mol. The van der Waals surface area contributed by atoms with Gasteiger partial charge in [0.25, 0.3) is 5.91 Å². The molecule has 0 bridgehead atoms. The second-order valence-electron chi connectivity index (χ2n) is 7.24. The second kappa shape index (κ2) is 12.6. The molecule has 0 fully saturated rings. The molecule has 4 N–H and O–H groups in total. The Morgan fingerprint density at radius 3 is 1.85 bits per heavy atom. The number of hydrazine groups is 1. The van der Waals surface area contributed by atoms with Crippen LogP contribution in [0, 0.1) is 0 Å². The predicted octanol–water partition coefficient (Wildman–Crippen LogP) is 3.23. The average Bonchev–Trinajstić information content (AvgIpc) is 2.87. The topological polar surface area (TPSA) is 129 Å². The van der Waals surface area contributed by atoms with Crippen molar-refractivity contribution in [3.63, 3.8) is 0 Å². The summed E-state index contributed by atoms with van der Waals surface area (Å²) < 4.78 is 15.4. The molecule has 9 heteroatoms. The Balaban J connectivity index is 1.50. The highest BCUT2D eigenvalue weighted by Crippen LogP contribution is 2.15. The molecule has 0 aliphatic heterocycles. The molecule has 1 unspecified atom stereocenters. The van der Waals surface area contributed by atoms with Crippen LogP contribution >= 0.6 is 0 Å². The highest BCUT2D eigenvalue weighted by Gasteiger charge is 2.21. The largest absolute Gasteiger partial charge is 0.514 e. The fourth-order valence-corrected chi connectivity index (χ4v) is 2.99. The van der Waals surface area contributed by atoms with Crippen LogP contribution in [0.2, 0.25) is 0 Å². The Morgan fingerprint density at radius 2 is 1.29 bits per heavy atom. The number of amides is 2. The van der Waals surface area contributed by atoms with Crippen molar-refractivity contribution in [1.29, 1.82) is 0 Å². The zero-order valence-electron chi connectivity index (χ0n) is 18.3. The molecule has 3 rings (SSSR count). The number of nitrogens with one attached hydrogen (secondary N) is 2. The Kier molecular flexibility index (Phi) is 9.00. The number of carbonyl (C=O) groups is 3. The van der Waals surface area contributed by atoms with Gasteiger partial charge in [0.1, 0.15) is 25.0 Å². The van der Waals surface area contributed by atoms with Crippen molar-refractivity contribution in [2.24, 2.45) is 5.84 Å². The van der Waals surface area contributed by atoms with Crippen molar-refractivity contribution >= 4 is 18.2 Å². The summed E-state index contributed by atoms with van der Waals surface area (Å²) in [6.45, 7) is 0.162. The maximum absolute atomic E-state index is 12.2. The van der Waals surface area contributed by atoms with Crippen molar-refractivity contribution in [3.8, 4) is 5.75 Å². The van der Waals surface area contributed by atoms with Gasteiger partial charge in [0.05, 0.1) is 0 Å². The van der Waals surface area contributed by atoms with E-state index in [-0.39, 0.29) is 25.4 Å². The van der Waals surface area contributed by atoms with E-state index in [0.29, 0.717) is 5.56 Å². The van der Waals surface area contributed by atoms with E-state index >= 15 is 0 Å². The molecule has 176 valence electrons. The Labute approximate surface area is 196 Å². The number of benzene rings is 3. The summed E-state index contributed by atoms with van der Waals surface area (Å²) in [5.41, 5.74) is 4.39. The minimum atomic E-state index is -0.962. The first-order chi connectivity index (χ1) is 16.5. The summed E-state index contributed by atoms with van der Waals surface area (Å²) >= 11 is 0. The van der Waals surface area contributed by atoms with Crippen LogP contribution in [0.3, 0.4) is 0 Å². The smallest absolute Gasteiger partial charge is 0.445 e. The zero-order chi connectivity index (χ0) is 24.2. The fourth-order valence-electron chi connectivity index (χ4n) is 2.99. The first-order valence-corrected chi connectivity index (χ1v) is 10.5. The lowest BCUT2D eigenvalue weighted by atomic mass is 10.1. The molecule has 0 aromatic heterocycles. The molecular formula is C25H25N3O6. The van der Waals surface area contributed by atoms with Gasteiger partial charge in [-0.2, -0.15) is 0 Å². The first kappa shape index (κ1) is 24.3. The van der Waals surface area contributed by atoms with Gasteiger partial charge in [-0.15, -0.1) is 0 Å². The molecule has 0 saturated heterocycles. The molecular weight excluding hydrogens is 438 g/mol. The van der Waals surface area contributed by atoms with Crippen LogP contribution in [0.25, 0.3) is 0 Å². The van der Waals surface area contributed by atoms with Crippen LogP contribution in [-0.2, 0) is 33.9 Å². The van der Waals surface area contributed by atoms with Gasteiger partial charge in [-0.1, -0.05) is 72.8 Å². The van der Waals surface area contributed by atoms with Crippen LogP contribution in [-0.4, -0.2) is 24.2 Å². The highest BCUT2D eigenvalue weighted by molar-refractivity contribution is 5.85. The molecule has 1 atom stereocenters. The molecule has 9 nitrogen and oxygen atoms in total. The predicted molar refractivity (Wildman–Crippen MR) is 123 cm³/mol. The molecule has 0 saturated carbocycles. The maximum atomic E-state index is 12.2. The van der Waals surface area contributed by atoms with Crippen molar-refractivity contribution in [3.05, 3.63) is 102 Å². The number of carbonyl (C=O) groups excluding carboxylic acids is 3. The Morgan fingerprint density at radius 1 is 0.735 bits per heavy atom. The van der Waals surface area contributed by atoms with E-state index in [1.165, 1.54) is 0 Å². The van der Waals surface area contributed by atoms with Crippen LogP contribution in [0.4, 0.5) is 9.59 Å². The fraction of sp³-hybridized carbons (Fsp3) is 0.160. The lowest BCUT2D eigenvalue weighted by Gasteiger charge is -2.17. The van der Waals surface area contributed by atoms with E-state index < -0.39 is 24.2 Å². The summed E-state index contributed by atoms with van der Waals surface area (Å²) in [6, 6.07) is 23.9. The summed E-state index contributed by atoms with van der Waals surface area (Å²) in [4.78, 5) is 36.2. The van der Waals surface area contributed by atoms with Gasteiger partial charge < -0.3 is 19.5 Å². The zero-order valence-corrected chi connectivity index (χ0v) is 18.3. The average molecular weight is 463 g/mol. The second-order valence-corrected chi connectivity index (χ2v) is 7.24. The SMILES string of the molecule is NNC(=O)C(Cc1ccc(OC(=O)OCc2ccccc2)cc1)NC(=O)OCc1ccccc1. The van der Waals surface area contributed by atoms with Gasteiger partial charge >= 0.3 is 12.2 Å². The lowest BCUT2D eigenvalue weighted by Crippen LogP contribution is -2.50. The summed E-state index contributed by atoms with van der Waals surface area (Å²) in [5, 5.41) is 2.51. The van der Waals surface area contributed by atoms with Crippen molar-refractivity contribution in [2.45, 2.75) is 25.7 Å². The molecule has 0 aliphatic carbocycles. The molecule has 0 heterocycles. The molecule has 2 amide bonds. The van der Waals surface area contributed by atoms with Gasteiger partial charge in [-0.3, -0.25) is 10.2 Å². The van der Waals surface area contributed by atoms with Crippen LogP contribution in [0.5, 0.6) is 5.75 Å². The Hall–Kier alpha value is -4.37. The van der Waals surface area contributed by atoms with E-state index in [4.69, 9.17) is 20.1 Å². The molecule has 0 aliphatic rings. The quantitative estimate of drug-likeness (QED) is 0.146. The number of hydrogen-bond acceptors (Lipinski definition) is 7. The third-order valence-electron chi connectivity index (χ3n) is 4.73. The lowest BCUT2D eigenvalue weighted by molar-refractivity contribution is -0.123. The van der Waals surface area contributed by atoms with Gasteiger partial charge in [0.2, 0.25) is 0 Å². The van der Waals surface area contributed by atoms with Crippen molar-refractivity contribution in [1.82, 2.24) is 10.7 Å².